The number of methoxy groups -OCH3 is 8. The van der Waals surface area contributed by atoms with E-state index in [0.717, 1.165) is 0 Å². The lowest BCUT2D eigenvalue weighted by atomic mass is 9.94. The van der Waals surface area contributed by atoms with E-state index in [4.69, 9.17) is 67.3 Å². The molecule has 4 aromatic carbocycles. The minimum absolute atomic E-state index is 0.123. The first-order valence-electron chi connectivity index (χ1n) is 24.7. The highest BCUT2D eigenvalue weighted by atomic mass is 16.6. The van der Waals surface area contributed by atoms with Crippen LogP contribution in [0.5, 0.6) is 69.0 Å². The van der Waals surface area contributed by atoms with Crippen molar-refractivity contribution in [1.82, 2.24) is 0 Å². The summed E-state index contributed by atoms with van der Waals surface area (Å²) in [6, 6.07) is 12.6. The Morgan fingerprint density at radius 3 is 1.30 bits per heavy atom. The summed E-state index contributed by atoms with van der Waals surface area (Å²) in [5.41, 5.74) is 8.52. The smallest absolute Gasteiger partial charge is 0.328 e. The zero-order valence-corrected chi connectivity index (χ0v) is 46.5. The molecule has 2 unspecified atom stereocenters. The van der Waals surface area contributed by atoms with Crippen LogP contribution in [-0.4, -0.2) is 111 Å². The van der Waals surface area contributed by atoms with Gasteiger partial charge in [-0.15, -0.1) is 0 Å². The van der Waals surface area contributed by atoms with Crippen molar-refractivity contribution in [3.63, 3.8) is 0 Å². The number of rotatable bonds is 20. The fourth-order valence-electron chi connectivity index (χ4n) is 8.52. The Labute approximate surface area is 449 Å². The third-order valence-corrected chi connectivity index (χ3v) is 11.8. The molecule has 0 spiro atoms. The first kappa shape index (κ1) is 59.9. The Hall–Kier alpha value is -7.93. The molecule has 19 heteroatoms. The number of esters is 3. The number of carbonyl (C=O) groups is 5. The molecule has 0 radical (unpaired) electrons. The Bertz CT molecular complexity index is 2870. The van der Waals surface area contributed by atoms with E-state index in [2.05, 4.69) is 0 Å². The number of hydrogen-bond donors (Lipinski definition) is 1. The topological polar surface area (TPSA) is 231 Å². The molecular weight excluding hydrogens is 999 g/mol. The van der Waals surface area contributed by atoms with Crippen LogP contribution in [0.4, 0.5) is 0 Å². The van der Waals surface area contributed by atoms with Gasteiger partial charge in [0.05, 0.1) is 69.2 Å². The largest absolute Gasteiger partial charge is 0.493 e. The second-order valence-corrected chi connectivity index (χ2v) is 19.6. The number of fused-ring (bicyclic) bond motifs is 2. The highest BCUT2D eigenvalue weighted by Gasteiger charge is 2.32. The fourth-order valence-corrected chi connectivity index (χ4v) is 8.52. The zero-order valence-electron chi connectivity index (χ0n) is 46.5. The van der Waals surface area contributed by atoms with Gasteiger partial charge in [-0.3, -0.25) is 19.2 Å². The summed E-state index contributed by atoms with van der Waals surface area (Å²) < 4.78 is 72.5. The van der Waals surface area contributed by atoms with Crippen LogP contribution in [0, 0.1) is 17.8 Å². The van der Waals surface area contributed by atoms with E-state index in [1.807, 2.05) is 27.7 Å². The molecule has 2 atom stereocenters. The Morgan fingerprint density at radius 1 is 0.532 bits per heavy atom. The first-order valence-corrected chi connectivity index (χ1v) is 24.7. The minimum atomic E-state index is -0.780. The van der Waals surface area contributed by atoms with Gasteiger partial charge in [-0.1, -0.05) is 39.8 Å². The van der Waals surface area contributed by atoms with Gasteiger partial charge in [0.1, 0.15) is 11.6 Å². The average Bonchev–Trinajstić information content (AvgIpc) is 3.67. The van der Waals surface area contributed by atoms with Crippen molar-refractivity contribution in [2.75, 3.05) is 70.1 Å². The summed E-state index contributed by atoms with van der Waals surface area (Å²) >= 11 is 0. The molecule has 77 heavy (non-hydrogen) atoms. The summed E-state index contributed by atoms with van der Waals surface area (Å²) in [7, 11) is 11.8. The van der Waals surface area contributed by atoms with Crippen LogP contribution in [0.15, 0.2) is 60.7 Å². The normalized spacial score (nSPS) is 13.7. The van der Waals surface area contributed by atoms with E-state index in [9.17, 15) is 24.0 Å². The molecule has 2 heterocycles. The van der Waals surface area contributed by atoms with Crippen LogP contribution in [0.2, 0.25) is 0 Å². The Morgan fingerprint density at radius 2 is 0.935 bits per heavy atom. The van der Waals surface area contributed by atoms with E-state index < -0.39 is 35.5 Å². The third-order valence-electron chi connectivity index (χ3n) is 11.8. The maximum absolute atomic E-state index is 13.4. The van der Waals surface area contributed by atoms with Gasteiger partial charge >= 0.3 is 17.9 Å². The van der Waals surface area contributed by atoms with Crippen LogP contribution >= 0.6 is 0 Å². The second-order valence-electron chi connectivity index (χ2n) is 19.6. The highest BCUT2D eigenvalue weighted by molar-refractivity contribution is 6.05. The zero-order chi connectivity index (χ0) is 56.9. The molecule has 0 aliphatic carbocycles. The van der Waals surface area contributed by atoms with Gasteiger partial charge in [-0.25, -0.2) is 4.79 Å². The van der Waals surface area contributed by atoms with Crippen LogP contribution < -0.4 is 62.6 Å². The lowest BCUT2D eigenvalue weighted by molar-refractivity contribution is -0.159. The van der Waals surface area contributed by atoms with Crippen molar-refractivity contribution in [3.8, 4) is 69.0 Å². The minimum Gasteiger partial charge on any atom is -0.493 e. The molecule has 0 fully saturated rings. The molecule has 0 bridgehead atoms. The van der Waals surface area contributed by atoms with E-state index in [-0.39, 0.29) is 60.3 Å². The van der Waals surface area contributed by atoms with E-state index in [0.29, 0.717) is 98.0 Å². The molecule has 0 aromatic heterocycles. The molecule has 19 nitrogen and oxygen atoms in total. The first-order chi connectivity index (χ1) is 36.5. The number of ketones is 2. The van der Waals surface area contributed by atoms with E-state index in [1.165, 1.54) is 69.0 Å². The lowest BCUT2D eigenvalue weighted by Crippen LogP contribution is -2.35. The van der Waals surface area contributed by atoms with E-state index >= 15 is 0 Å². The summed E-state index contributed by atoms with van der Waals surface area (Å²) in [6.45, 7) is 12.8. The predicted octanol–water partition coefficient (Wildman–Crippen LogP) is 8.81. The molecular formula is C58H71NO18. The van der Waals surface area contributed by atoms with Crippen molar-refractivity contribution in [2.45, 2.75) is 79.4 Å². The van der Waals surface area contributed by atoms with Crippen LogP contribution in [0.3, 0.4) is 0 Å². The van der Waals surface area contributed by atoms with Crippen molar-refractivity contribution in [1.29, 1.82) is 0 Å². The number of benzene rings is 4. The van der Waals surface area contributed by atoms with Gasteiger partial charge in [-0.05, 0) is 116 Å². The van der Waals surface area contributed by atoms with Gasteiger partial charge in [0.15, 0.2) is 70.8 Å². The summed E-state index contributed by atoms with van der Waals surface area (Å²) in [6.07, 6.45) is 3.70. The summed E-state index contributed by atoms with van der Waals surface area (Å²) in [4.78, 5) is 64.0. The molecule has 0 saturated carbocycles. The average molecular weight is 1070 g/mol. The maximum atomic E-state index is 13.4. The monoisotopic (exact) mass is 1070 g/mol. The molecule has 416 valence electrons. The molecule has 2 aliphatic heterocycles. The van der Waals surface area contributed by atoms with Gasteiger partial charge in [0.25, 0.3) is 0 Å². The quantitative estimate of drug-likeness (QED) is 0.0643. The summed E-state index contributed by atoms with van der Waals surface area (Å²) in [5.74, 6) is 1.00. The van der Waals surface area contributed by atoms with Crippen molar-refractivity contribution >= 4 is 40.6 Å². The van der Waals surface area contributed by atoms with Gasteiger partial charge < -0.3 is 67.3 Å². The molecule has 4 aromatic rings. The van der Waals surface area contributed by atoms with Gasteiger partial charge in [0.2, 0.25) is 23.0 Å². The van der Waals surface area contributed by atoms with Crippen molar-refractivity contribution in [3.05, 3.63) is 82.9 Å². The number of carbonyl (C=O) groups excluding carboxylic acids is 5. The number of ether oxygens (including phenoxy) is 13. The standard InChI is InChI=1S/C32H40O10.C26H31NO8/c1-18(2)12-20(14-27(34)42-32(3,4)5)31(35)41-25-13-19(10-11-24(25)36-6)22-15-21(33)17-40-28-23(22)16-26(37-7)29(38-8)30(28)39-9;1-14(2)9-19(27)26(29)35-21-10-15(7-8-20(21)30-3)17-11-16(28)13-34-23-18(17)12-22(31-4)24(32-5)25(23)33-6/h10-11,13,15-16,18,20H,12,14,17H2,1-9H3;7-8,10-12,14,19H,9,13,27H2,1-6H3. The number of nitrogens with two attached hydrogens (primary N) is 1. The summed E-state index contributed by atoms with van der Waals surface area (Å²) in [5, 5.41) is 0. The van der Waals surface area contributed by atoms with Crippen LogP contribution in [0.25, 0.3) is 11.1 Å². The van der Waals surface area contributed by atoms with Crippen LogP contribution in [-0.2, 0) is 28.7 Å². The lowest BCUT2D eigenvalue weighted by Gasteiger charge is -2.23. The van der Waals surface area contributed by atoms with Crippen molar-refractivity contribution < 1.29 is 85.6 Å². The molecule has 0 amide bonds. The molecule has 6 rings (SSSR count). The van der Waals surface area contributed by atoms with E-state index in [1.54, 1.807) is 69.3 Å². The third kappa shape index (κ3) is 14.9. The van der Waals surface area contributed by atoms with Crippen molar-refractivity contribution in [2.24, 2.45) is 23.5 Å². The maximum Gasteiger partial charge on any atom is 0.328 e. The SMILES string of the molecule is COc1ccc(C2=CC(=O)COc3c2cc(OC)c(OC)c3OC)cc1OC(=O)C(CC(=O)OC(C)(C)C)CC(C)C.COc1ccc(C2=CC(=O)COc3c2cc(OC)c(OC)c3OC)cc1OC(=O)C(N)CC(C)C. The van der Waals surface area contributed by atoms with Gasteiger partial charge in [-0.2, -0.15) is 0 Å². The Balaban J connectivity index is 0.000000289. The fraction of sp³-hybridized carbons (Fsp3) is 0.431. The van der Waals surface area contributed by atoms with Gasteiger partial charge in [0, 0.05) is 11.1 Å². The molecule has 2 N–H and O–H groups in total. The predicted molar refractivity (Wildman–Crippen MR) is 285 cm³/mol. The molecule has 0 saturated heterocycles. The second kappa shape index (κ2) is 26.7. The number of hydrogen-bond acceptors (Lipinski definition) is 19. The molecule has 2 aliphatic rings. The highest BCUT2D eigenvalue weighted by Crippen LogP contribution is 2.52. The Kier molecular flexibility index (Phi) is 20.8. The van der Waals surface area contributed by atoms with Crippen LogP contribution in [0.1, 0.15) is 90.0 Å².